The van der Waals surface area contributed by atoms with Crippen molar-refractivity contribution in [3.63, 3.8) is 0 Å². The van der Waals surface area contributed by atoms with Crippen molar-refractivity contribution in [2.75, 3.05) is 0 Å². The molecule has 0 aromatic carbocycles. The van der Waals surface area contributed by atoms with Crippen LogP contribution in [0.1, 0.15) is 39.5 Å². The molecule has 4 rings (SSSR count). The highest BCUT2D eigenvalue weighted by Crippen LogP contribution is 2.64. The normalized spacial score (nSPS) is 53.8. The van der Waals surface area contributed by atoms with Crippen molar-refractivity contribution in [1.29, 1.82) is 0 Å². The Bertz CT molecular complexity index is 666. The molecule has 0 aromatic heterocycles. The molecule has 0 spiro atoms. The first kappa shape index (κ1) is 15.2. The molecule has 2 nitrogen and oxygen atoms in total. The number of hydrogen-bond donors (Lipinski definition) is 2. The van der Waals surface area contributed by atoms with Gasteiger partial charge in [0.25, 0.3) is 0 Å². The van der Waals surface area contributed by atoms with Crippen LogP contribution in [0.3, 0.4) is 0 Å². The molecule has 0 amide bonds. The second-order valence-electron chi connectivity index (χ2n) is 8.40. The van der Waals surface area contributed by atoms with E-state index in [0.29, 0.717) is 17.8 Å². The van der Waals surface area contributed by atoms with Crippen LogP contribution in [-0.4, -0.2) is 21.9 Å². The van der Waals surface area contributed by atoms with E-state index in [9.17, 15) is 10.2 Å². The molecule has 2 heteroatoms. The lowest BCUT2D eigenvalue weighted by molar-refractivity contribution is -0.0749. The highest BCUT2D eigenvalue weighted by molar-refractivity contribution is 5.38. The Morgan fingerprint density at radius 1 is 1.26 bits per heavy atom. The Balaban J connectivity index is 1.74. The number of aliphatic hydroxyl groups excluding tert-OH is 1. The summed E-state index contributed by atoms with van der Waals surface area (Å²) < 4.78 is 0. The van der Waals surface area contributed by atoms with E-state index in [2.05, 4.69) is 38.0 Å². The fraction of sp³-hybridized carbons (Fsp3) is 0.619. The van der Waals surface area contributed by atoms with Gasteiger partial charge in [-0.15, -0.1) is 6.42 Å². The molecular formula is C21H26O2. The van der Waals surface area contributed by atoms with Crippen LogP contribution in [0, 0.1) is 40.9 Å². The molecule has 7 atom stereocenters. The van der Waals surface area contributed by atoms with E-state index in [4.69, 9.17) is 6.42 Å². The first-order valence-electron chi connectivity index (χ1n) is 8.80. The summed E-state index contributed by atoms with van der Waals surface area (Å²) in [6.45, 7) is 4.49. The summed E-state index contributed by atoms with van der Waals surface area (Å²) in [5.74, 6) is 4.06. The fourth-order valence-electron chi connectivity index (χ4n) is 5.93. The van der Waals surface area contributed by atoms with Crippen molar-refractivity contribution < 1.29 is 10.2 Å². The van der Waals surface area contributed by atoms with Gasteiger partial charge in [0.1, 0.15) is 5.60 Å². The van der Waals surface area contributed by atoms with E-state index in [0.717, 1.165) is 25.7 Å². The standard InChI is InChI=1S/C21H26O2/c1-4-21(23)12-9-18-16-6-5-14-13-15(22)7-10-19(14,2)17(16)8-11-20(18,21)3/h1,5,7,9-10,12,15-18,22-23H,6,8,11,13H2,2-3H3/t15-,16?,17?,18?,19-,20-,21-/m0/s1. The van der Waals surface area contributed by atoms with Gasteiger partial charge in [-0.05, 0) is 49.5 Å². The van der Waals surface area contributed by atoms with Gasteiger partial charge in [0.05, 0.1) is 6.10 Å². The molecule has 2 N–H and O–H groups in total. The fourth-order valence-corrected chi connectivity index (χ4v) is 5.93. The predicted molar refractivity (Wildman–Crippen MR) is 91.3 cm³/mol. The number of allylic oxidation sites excluding steroid dienone is 3. The molecule has 0 aliphatic heterocycles. The van der Waals surface area contributed by atoms with E-state index < -0.39 is 5.60 Å². The lowest BCUT2D eigenvalue weighted by Gasteiger charge is -2.57. The largest absolute Gasteiger partial charge is 0.389 e. The highest BCUT2D eigenvalue weighted by atomic mass is 16.3. The van der Waals surface area contributed by atoms with Gasteiger partial charge in [0.2, 0.25) is 0 Å². The first-order valence-corrected chi connectivity index (χ1v) is 8.80. The zero-order chi connectivity index (χ0) is 16.5. The maximum Gasteiger partial charge on any atom is 0.149 e. The van der Waals surface area contributed by atoms with Gasteiger partial charge >= 0.3 is 0 Å². The lowest BCUT2D eigenvalue weighted by Crippen LogP contribution is -2.54. The number of aliphatic hydroxyl groups is 2. The molecule has 4 aliphatic rings. The van der Waals surface area contributed by atoms with Crippen molar-refractivity contribution >= 4 is 0 Å². The Morgan fingerprint density at radius 3 is 2.78 bits per heavy atom. The first-order chi connectivity index (χ1) is 10.8. The minimum atomic E-state index is -1.11. The summed E-state index contributed by atoms with van der Waals surface area (Å²) in [5, 5.41) is 20.8. The second-order valence-corrected chi connectivity index (χ2v) is 8.40. The third-order valence-corrected chi connectivity index (χ3v) is 7.52. The molecule has 23 heavy (non-hydrogen) atoms. The van der Waals surface area contributed by atoms with E-state index in [1.807, 2.05) is 12.2 Å². The van der Waals surface area contributed by atoms with E-state index in [1.54, 1.807) is 0 Å². The molecule has 0 heterocycles. The molecule has 0 aromatic rings. The molecular weight excluding hydrogens is 284 g/mol. The number of rotatable bonds is 0. The average molecular weight is 310 g/mol. The summed E-state index contributed by atoms with van der Waals surface area (Å²) in [6, 6.07) is 0. The van der Waals surface area contributed by atoms with Gasteiger partial charge in [-0.1, -0.05) is 49.6 Å². The number of terminal acetylenes is 1. The van der Waals surface area contributed by atoms with Crippen LogP contribution < -0.4 is 0 Å². The van der Waals surface area contributed by atoms with Crippen LogP contribution in [0.4, 0.5) is 0 Å². The van der Waals surface area contributed by atoms with Crippen LogP contribution in [0.25, 0.3) is 0 Å². The maximum atomic E-state index is 10.9. The van der Waals surface area contributed by atoms with Gasteiger partial charge in [-0.3, -0.25) is 0 Å². The minimum Gasteiger partial charge on any atom is -0.389 e. The van der Waals surface area contributed by atoms with Crippen LogP contribution in [0.15, 0.2) is 36.0 Å². The highest BCUT2D eigenvalue weighted by Gasteiger charge is 2.60. The zero-order valence-electron chi connectivity index (χ0n) is 14.0. The zero-order valence-corrected chi connectivity index (χ0v) is 14.0. The summed E-state index contributed by atoms with van der Waals surface area (Å²) in [5.41, 5.74) is 0.0922. The molecule has 3 unspecified atom stereocenters. The molecule has 1 saturated carbocycles. The average Bonchev–Trinajstić information content (AvgIpc) is 2.80. The van der Waals surface area contributed by atoms with E-state index >= 15 is 0 Å². The van der Waals surface area contributed by atoms with E-state index in [1.165, 1.54) is 5.57 Å². The Hall–Kier alpha value is -1.30. The third kappa shape index (κ3) is 1.78. The van der Waals surface area contributed by atoms with Gasteiger partial charge in [0.15, 0.2) is 0 Å². The molecule has 4 aliphatic carbocycles. The Morgan fingerprint density at radius 2 is 2.04 bits per heavy atom. The summed E-state index contributed by atoms with van der Waals surface area (Å²) in [4.78, 5) is 0. The molecule has 122 valence electrons. The molecule has 0 radical (unpaired) electrons. The smallest absolute Gasteiger partial charge is 0.149 e. The predicted octanol–water partition coefficient (Wildman–Crippen LogP) is 3.23. The number of fused-ring (bicyclic) bond motifs is 5. The molecule has 0 saturated heterocycles. The van der Waals surface area contributed by atoms with Gasteiger partial charge in [0, 0.05) is 10.8 Å². The quantitative estimate of drug-likeness (QED) is 0.533. The van der Waals surface area contributed by atoms with Crippen LogP contribution in [0.5, 0.6) is 0 Å². The van der Waals surface area contributed by atoms with Crippen molar-refractivity contribution in [2.24, 2.45) is 28.6 Å². The number of hydrogen-bond acceptors (Lipinski definition) is 2. The second kappa shape index (κ2) is 4.62. The van der Waals surface area contributed by atoms with Gasteiger partial charge < -0.3 is 10.2 Å². The van der Waals surface area contributed by atoms with E-state index in [-0.39, 0.29) is 16.9 Å². The van der Waals surface area contributed by atoms with Crippen molar-refractivity contribution in [1.82, 2.24) is 0 Å². The van der Waals surface area contributed by atoms with Crippen molar-refractivity contribution in [3.05, 3.63) is 36.0 Å². The monoisotopic (exact) mass is 310 g/mol. The SMILES string of the molecule is C#C[C@]1(O)C=CC2C3CC=C4C[C@@H](O)C=C[C@]4(C)C3CC[C@@]21C. The molecule has 0 bridgehead atoms. The molecule has 1 fully saturated rings. The summed E-state index contributed by atoms with van der Waals surface area (Å²) >= 11 is 0. The van der Waals surface area contributed by atoms with Gasteiger partial charge in [-0.2, -0.15) is 0 Å². The van der Waals surface area contributed by atoms with Crippen LogP contribution in [0.2, 0.25) is 0 Å². The Kier molecular flexibility index (Phi) is 3.06. The van der Waals surface area contributed by atoms with Crippen molar-refractivity contribution in [2.45, 2.75) is 51.2 Å². The minimum absolute atomic E-state index is 0.0498. The van der Waals surface area contributed by atoms with Crippen molar-refractivity contribution in [3.8, 4) is 12.3 Å². The van der Waals surface area contributed by atoms with Gasteiger partial charge in [-0.25, -0.2) is 0 Å². The lowest BCUT2D eigenvalue weighted by atomic mass is 9.48. The third-order valence-electron chi connectivity index (χ3n) is 7.52. The Labute approximate surface area is 139 Å². The maximum absolute atomic E-state index is 10.9. The summed E-state index contributed by atoms with van der Waals surface area (Å²) in [7, 11) is 0. The van der Waals surface area contributed by atoms with Crippen LogP contribution >= 0.6 is 0 Å². The topological polar surface area (TPSA) is 40.5 Å². The summed E-state index contributed by atoms with van der Waals surface area (Å²) in [6.07, 6.45) is 19.8. The van der Waals surface area contributed by atoms with Crippen LogP contribution in [-0.2, 0) is 0 Å².